The van der Waals surface area contributed by atoms with Gasteiger partial charge in [-0.1, -0.05) is 29.5 Å². The standard InChI is InChI=1S/C23H24N8O4S/c32-21(27-15-4-2-1-3-5-15)29-22-25-14-19(36-22)17-12-18(16-13-26-30-20(16)28-17)35-23(33)24-6-7-31-8-10-34-11-9-31/h1-5,12-14H,6-11H2,(H,24,33)(H,26,28,30)(H2,25,27,29,32). The van der Waals surface area contributed by atoms with E-state index >= 15 is 0 Å². The number of fused-ring (bicyclic) bond motifs is 1. The molecule has 1 aliphatic heterocycles. The Kier molecular flexibility index (Phi) is 7.30. The molecular weight excluding hydrogens is 484 g/mol. The van der Waals surface area contributed by atoms with Gasteiger partial charge in [-0.25, -0.2) is 19.6 Å². The summed E-state index contributed by atoms with van der Waals surface area (Å²) in [7, 11) is 0. The zero-order chi connectivity index (χ0) is 24.7. The molecule has 4 N–H and O–H groups in total. The number of nitrogens with zero attached hydrogens (tertiary/aromatic N) is 4. The second kappa shape index (κ2) is 11.1. The molecule has 0 radical (unpaired) electrons. The number of thiazole rings is 1. The van der Waals surface area contributed by atoms with Gasteiger partial charge in [-0.3, -0.25) is 15.3 Å². The van der Waals surface area contributed by atoms with Crippen LogP contribution >= 0.6 is 11.3 Å². The minimum Gasteiger partial charge on any atom is -0.409 e. The normalized spacial score (nSPS) is 13.9. The monoisotopic (exact) mass is 508 g/mol. The van der Waals surface area contributed by atoms with Crippen molar-refractivity contribution in [3.05, 3.63) is 48.8 Å². The van der Waals surface area contributed by atoms with Crippen molar-refractivity contribution in [3.63, 3.8) is 0 Å². The highest BCUT2D eigenvalue weighted by atomic mass is 32.1. The molecule has 5 rings (SSSR count). The molecule has 12 nitrogen and oxygen atoms in total. The molecule has 0 spiro atoms. The van der Waals surface area contributed by atoms with Gasteiger partial charge in [0.05, 0.1) is 35.4 Å². The summed E-state index contributed by atoms with van der Waals surface area (Å²) in [6, 6.07) is 10.4. The predicted molar refractivity (Wildman–Crippen MR) is 135 cm³/mol. The van der Waals surface area contributed by atoms with Gasteiger partial charge in [0.1, 0.15) is 5.75 Å². The minimum atomic E-state index is -0.563. The summed E-state index contributed by atoms with van der Waals surface area (Å²) >= 11 is 1.24. The SMILES string of the molecule is O=C(Nc1ccccc1)Nc1ncc(-c2cc(OC(=O)NCCN3CCOCC3)c3cn[nH]c3n2)s1. The number of para-hydroxylation sites is 1. The van der Waals surface area contributed by atoms with Crippen LogP contribution in [-0.4, -0.2) is 76.6 Å². The Morgan fingerprint density at radius 3 is 2.81 bits per heavy atom. The number of carbonyl (C=O) groups excluding carboxylic acids is 2. The van der Waals surface area contributed by atoms with Gasteiger partial charge < -0.3 is 20.1 Å². The van der Waals surface area contributed by atoms with Crippen molar-refractivity contribution >= 4 is 45.3 Å². The van der Waals surface area contributed by atoms with Crippen molar-refractivity contribution in [1.82, 2.24) is 30.4 Å². The second-order valence-electron chi connectivity index (χ2n) is 7.88. The number of ether oxygens (including phenoxy) is 2. The van der Waals surface area contributed by atoms with Crippen LogP contribution in [0.4, 0.5) is 20.4 Å². The van der Waals surface area contributed by atoms with Crippen molar-refractivity contribution in [2.75, 3.05) is 50.0 Å². The summed E-state index contributed by atoms with van der Waals surface area (Å²) in [5.74, 6) is 0.317. The van der Waals surface area contributed by atoms with Gasteiger partial charge in [0.15, 0.2) is 10.8 Å². The van der Waals surface area contributed by atoms with E-state index in [-0.39, 0.29) is 0 Å². The molecule has 186 valence electrons. The highest BCUT2D eigenvalue weighted by Crippen LogP contribution is 2.33. The van der Waals surface area contributed by atoms with Gasteiger partial charge in [-0.15, -0.1) is 0 Å². The number of aromatic amines is 1. The lowest BCUT2D eigenvalue weighted by molar-refractivity contribution is 0.0385. The number of rotatable bonds is 7. The highest BCUT2D eigenvalue weighted by Gasteiger charge is 2.17. The lowest BCUT2D eigenvalue weighted by Crippen LogP contribution is -2.41. The van der Waals surface area contributed by atoms with Gasteiger partial charge >= 0.3 is 12.1 Å². The molecule has 1 saturated heterocycles. The Bertz CT molecular complexity index is 1340. The Morgan fingerprint density at radius 2 is 1.97 bits per heavy atom. The van der Waals surface area contributed by atoms with Crippen molar-refractivity contribution in [1.29, 1.82) is 0 Å². The van der Waals surface area contributed by atoms with Crippen molar-refractivity contribution < 1.29 is 19.1 Å². The lowest BCUT2D eigenvalue weighted by atomic mass is 10.2. The first-order valence-corrected chi connectivity index (χ1v) is 12.1. The van der Waals surface area contributed by atoms with Crippen LogP contribution in [0.15, 0.2) is 48.8 Å². The molecule has 36 heavy (non-hydrogen) atoms. The fourth-order valence-corrected chi connectivity index (χ4v) is 4.39. The van der Waals surface area contributed by atoms with Crippen LogP contribution in [0.1, 0.15) is 0 Å². The van der Waals surface area contributed by atoms with Crippen LogP contribution in [0.5, 0.6) is 5.75 Å². The molecule has 3 aromatic heterocycles. The molecule has 3 amide bonds. The summed E-state index contributed by atoms with van der Waals surface area (Å²) in [5.41, 5.74) is 1.66. The quantitative estimate of drug-likeness (QED) is 0.298. The van der Waals surface area contributed by atoms with Crippen LogP contribution in [0.25, 0.3) is 21.6 Å². The molecule has 1 aliphatic rings. The molecule has 0 atom stereocenters. The fraction of sp³-hybridized carbons (Fsp3) is 0.261. The molecule has 0 saturated carbocycles. The van der Waals surface area contributed by atoms with E-state index in [1.54, 1.807) is 30.6 Å². The van der Waals surface area contributed by atoms with Crippen molar-refractivity contribution in [3.8, 4) is 16.3 Å². The molecule has 0 bridgehead atoms. The number of nitrogens with one attached hydrogen (secondary N) is 4. The van der Waals surface area contributed by atoms with Gasteiger partial charge in [0.25, 0.3) is 0 Å². The highest BCUT2D eigenvalue weighted by molar-refractivity contribution is 7.19. The molecule has 13 heteroatoms. The minimum absolute atomic E-state index is 0.317. The number of benzene rings is 1. The topological polar surface area (TPSA) is 146 Å². The lowest BCUT2D eigenvalue weighted by Gasteiger charge is -2.26. The third kappa shape index (κ3) is 5.94. The van der Waals surface area contributed by atoms with Crippen LogP contribution in [0.2, 0.25) is 0 Å². The van der Waals surface area contributed by atoms with E-state index in [9.17, 15) is 9.59 Å². The van der Waals surface area contributed by atoms with E-state index in [2.05, 4.69) is 41.0 Å². The smallest absolute Gasteiger partial charge is 0.409 e. The zero-order valence-electron chi connectivity index (χ0n) is 19.2. The Labute approximate surface area is 210 Å². The first-order chi connectivity index (χ1) is 17.6. The predicted octanol–water partition coefficient (Wildman–Crippen LogP) is 3.15. The summed E-state index contributed by atoms with van der Waals surface area (Å²) in [6.45, 7) is 4.28. The van der Waals surface area contributed by atoms with E-state index in [0.717, 1.165) is 19.6 Å². The average Bonchev–Trinajstić information content (AvgIpc) is 3.55. The number of urea groups is 1. The first kappa shape index (κ1) is 23.7. The van der Waals surface area contributed by atoms with E-state index in [1.807, 2.05) is 18.2 Å². The van der Waals surface area contributed by atoms with E-state index in [0.29, 0.717) is 57.9 Å². The third-order valence-electron chi connectivity index (χ3n) is 5.40. The number of anilines is 2. The molecular formula is C23H24N8O4S. The first-order valence-electron chi connectivity index (χ1n) is 11.3. The van der Waals surface area contributed by atoms with Gasteiger partial charge in [-0.2, -0.15) is 5.10 Å². The van der Waals surface area contributed by atoms with Gasteiger partial charge in [0, 0.05) is 44.1 Å². The Hall–Kier alpha value is -4.07. The number of H-pyrrole nitrogens is 1. The molecule has 1 aromatic carbocycles. The van der Waals surface area contributed by atoms with Crippen molar-refractivity contribution in [2.45, 2.75) is 0 Å². The summed E-state index contributed by atoms with van der Waals surface area (Å²) in [4.78, 5) is 36.4. The van der Waals surface area contributed by atoms with E-state index < -0.39 is 12.1 Å². The average molecular weight is 509 g/mol. The number of hydrogen-bond donors (Lipinski definition) is 4. The second-order valence-corrected chi connectivity index (χ2v) is 8.91. The number of hydrogen-bond acceptors (Lipinski definition) is 9. The summed E-state index contributed by atoms with van der Waals surface area (Å²) in [5, 5.41) is 16.0. The molecule has 4 aromatic rings. The molecule has 4 heterocycles. The van der Waals surface area contributed by atoms with Crippen LogP contribution in [-0.2, 0) is 4.74 Å². The fourth-order valence-electron chi connectivity index (χ4n) is 3.62. The van der Waals surface area contributed by atoms with Crippen LogP contribution in [0.3, 0.4) is 0 Å². The van der Waals surface area contributed by atoms with E-state index in [1.165, 1.54) is 11.3 Å². The Morgan fingerprint density at radius 1 is 1.14 bits per heavy atom. The molecule has 1 fully saturated rings. The number of pyridine rings is 1. The molecule has 0 unspecified atom stereocenters. The zero-order valence-corrected chi connectivity index (χ0v) is 20.0. The number of morpholine rings is 1. The number of aromatic nitrogens is 4. The van der Waals surface area contributed by atoms with Gasteiger partial charge in [-0.05, 0) is 12.1 Å². The molecule has 0 aliphatic carbocycles. The van der Waals surface area contributed by atoms with Crippen molar-refractivity contribution in [2.24, 2.45) is 0 Å². The maximum absolute atomic E-state index is 12.5. The third-order valence-corrected chi connectivity index (χ3v) is 6.33. The largest absolute Gasteiger partial charge is 0.412 e. The Balaban J connectivity index is 1.24. The summed E-state index contributed by atoms with van der Waals surface area (Å²) < 4.78 is 10.9. The van der Waals surface area contributed by atoms with E-state index in [4.69, 9.17) is 9.47 Å². The van der Waals surface area contributed by atoms with Crippen LogP contribution in [0, 0.1) is 0 Å². The number of carbonyl (C=O) groups is 2. The maximum atomic E-state index is 12.5. The summed E-state index contributed by atoms with van der Waals surface area (Å²) in [6.07, 6.45) is 2.59. The number of amides is 3. The van der Waals surface area contributed by atoms with Gasteiger partial charge in [0.2, 0.25) is 0 Å². The maximum Gasteiger partial charge on any atom is 0.412 e. The van der Waals surface area contributed by atoms with Crippen LogP contribution < -0.4 is 20.7 Å².